The number of carbonyl (C=O) groups is 1. The van der Waals surface area contributed by atoms with Crippen molar-refractivity contribution in [2.24, 2.45) is 0 Å². The molecule has 0 aromatic heterocycles. The van der Waals surface area contributed by atoms with Gasteiger partial charge in [-0.1, -0.05) is 19.3 Å². The number of anilines is 1. The molecule has 1 aromatic carbocycles. The van der Waals surface area contributed by atoms with Crippen molar-refractivity contribution in [3.05, 3.63) is 27.7 Å². The predicted molar refractivity (Wildman–Crippen MR) is 94.3 cm³/mol. The van der Waals surface area contributed by atoms with E-state index in [0.29, 0.717) is 17.3 Å². The van der Waals surface area contributed by atoms with Crippen molar-refractivity contribution in [2.45, 2.75) is 44.7 Å². The summed E-state index contributed by atoms with van der Waals surface area (Å²) in [6, 6.07) is 4.08. The van der Waals surface area contributed by atoms with Gasteiger partial charge in [0, 0.05) is 22.6 Å². The number of halogens is 3. The summed E-state index contributed by atoms with van der Waals surface area (Å²) < 4.78 is 0.732. The maximum atomic E-state index is 11.3. The lowest BCUT2D eigenvalue weighted by Crippen LogP contribution is -2.33. The second kappa shape index (κ2) is 8.37. The fraction of sp³-hybridized carbons (Fsp3) is 0.533. The van der Waals surface area contributed by atoms with E-state index in [1.807, 2.05) is 0 Å². The van der Waals surface area contributed by atoms with Gasteiger partial charge < -0.3 is 5.73 Å². The fourth-order valence-corrected chi connectivity index (χ4v) is 3.45. The summed E-state index contributed by atoms with van der Waals surface area (Å²) in [4.78, 5) is 13.7. The number of carbonyl (C=O) groups excluding carboxylic acids is 1. The number of hydrogen-bond acceptors (Lipinski definition) is 3. The molecular weight excluding hydrogens is 375 g/mol. The first kappa shape index (κ1) is 18.8. The second-order valence-electron chi connectivity index (χ2n) is 5.51. The number of hydrogen-bond donors (Lipinski definition) is 1. The van der Waals surface area contributed by atoms with E-state index in [1.54, 1.807) is 12.1 Å². The highest BCUT2D eigenvalue weighted by Crippen LogP contribution is 2.29. The largest absolute Gasteiger partial charge is 0.398 e. The Morgan fingerprint density at radius 1 is 1.38 bits per heavy atom. The quantitative estimate of drug-likeness (QED) is 0.598. The van der Waals surface area contributed by atoms with Crippen molar-refractivity contribution in [1.29, 1.82) is 0 Å². The second-order valence-corrected chi connectivity index (χ2v) is 6.71. The molecule has 2 rings (SSSR count). The average Bonchev–Trinajstić information content (AvgIpc) is 2.44. The van der Waals surface area contributed by atoms with E-state index in [1.165, 1.54) is 32.1 Å². The van der Waals surface area contributed by atoms with Crippen molar-refractivity contribution in [2.75, 3.05) is 12.8 Å². The molecule has 0 aliphatic heterocycles. The van der Waals surface area contributed by atoms with Crippen LogP contribution in [-0.4, -0.2) is 23.2 Å². The lowest BCUT2D eigenvalue weighted by atomic mass is 9.94. The Bertz CT molecular complexity index is 505. The zero-order valence-corrected chi connectivity index (χ0v) is 15.2. The maximum Gasteiger partial charge on any atom is 0.252 e. The Kier molecular flexibility index (Phi) is 7.48. The molecule has 0 saturated heterocycles. The van der Waals surface area contributed by atoms with Gasteiger partial charge in [-0.15, -0.1) is 12.4 Å². The summed E-state index contributed by atoms with van der Waals surface area (Å²) >= 11 is 8.97. The van der Waals surface area contributed by atoms with Crippen LogP contribution in [0.15, 0.2) is 16.6 Å². The minimum atomic E-state index is -0.452. The molecule has 0 bridgehead atoms. The van der Waals surface area contributed by atoms with E-state index in [9.17, 15) is 4.79 Å². The third-order valence-corrected chi connectivity index (χ3v) is 4.93. The van der Waals surface area contributed by atoms with Crippen molar-refractivity contribution in [3.63, 3.8) is 0 Å². The lowest BCUT2D eigenvalue weighted by Gasteiger charge is -2.31. The maximum absolute atomic E-state index is 11.3. The monoisotopic (exact) mass is 394 g/mol. The van der Waals surface area contributed by atoms with Crippen molar-refractivity contribution < 1.29 is 4.79 Å². The van der Waals surface area contributed by atoms with Crippen LogP contribution in [0.5, 0.6) is 0 Å². The molecule has 0 atom stereocenters. The summed E-state index contributed by atoms with van der Waals surface area (Å²) in [5.41, 5.74) is 8.23. The van der Waals surface area contributed by atoms with E-state index in [-0.39, 0.29) is 12.4 Å². The molecule has 1 aromatic rings. The molecule has 21 heavy (non-hydrogen) atoms. The standard InChI is InChI=1S/C15H20BrClN2O.ClH/c1-19(12-5-3-2-4-6-12)9-11-7-10(15(17)20)8-13(16)14(11)18;/h7-8,12H,2-6,9,18H2,1H3;1H. The van der Waals surface area contributed by atoms with Crippen LogP contribution in [0, 0.1) is 0 Å². The van der Waals surface area contributed by atoms with Crippen LogP contribution in [0.2, 0.25) is 0 Å². The van der Waals surface area contributed by atoms with Crippen LogP contribution < -0.4 is 5.73 Å². The number of nitrogens with two attached hydrogens (primary N) is 1. The average molecular weight is 396 g/mol. The Balaban J connectivity index is 0.00000220. The predicted octanol–water partition coefficient (Wildman–Crippen LogP) is 4.60. The van der Waals surface area contributed by atoms with Crippen molar-refractivity contribution in [3.8, 4) is 0 Å². The molecule has 1 aliphatic rings. The molecule has 1 fully saturated rings. The Morgan fingerprint density at radius 3 is 2.57 bits per heavy atom. The molecule has 0 radical (unpaired) electrons. The highest BCUT2D eigenvalue weighted by molar-refractivity contribution is 9.10. The fourth-order valence-electron chi connectivity index (χ4n) is 2.84. The number of nitrogens with zero attached hydrogens (tertiary/aromatic N) is 1. The molecular formula is C15H21BrCl2N2O. The van der Waals surface area contributed by atoms with Gasteiger partial charge in [0.15, 0.2) is 0 Å². The van der Waals surface area contributed by atoms with Crippen molar-refractivity contribution >= 4 is 50.9 Å². The summed E-state index contributed by atoms with van der Waals surface area (Å²) in [6.45, 7) is 0.743. The summed E-state index contributed by atoms with van der Waals surface area (Å²) in [5.74, 6) is 0. The molecule has 0 unspecified atom stereocenters. The minimum absolute atomic E-state index is 0. The van der Waals surface area contributed by atoms with Gasteiger partial charge >= 0.3 is 0 Å². The summed E-state index contributed by atoms with van der Waals surface area (Å²) in [6.07, 6.45) is 6.43. The number of benzene rings is 1. The minimum Gasteiger partial charge on any atom is -0.398 e. The van der Waals surface area contributed by atoms with Crippen LogP contribution in [0.1, 0.15) is 48.0 Å². The van der Waals surface area contributed by atoms with Gasteiger partial charge in [-0.25, -0.2) is 0 Å². The van der Waals surface area contributed by atoms with Crippen LogP contribution in [0.3, 0.4) is 0 Å². The molecule has 3 nitrogen and oxygen atoms in total. The Hall–Kier alpha value is -0.290. The van der Waals surface area contributed by atoms with Crippen LogP contribution in [0.4, 0.5) is 5.69 Å². The molecule has 0 spiro atoms. The highest BCUT2D eigenvalue weighted by atomic mass is 79.9. The van der Waals surface area contributed by atoms with Crippen molar-refractivity contribution in [1.82, 2.24) is 4.90 Å². The van der Waals surface area contributed by atoms with Gasteiger partial charge in [-0.05, 0) is 65.1 Å². The van der Waals surface area contributed by atoms with Gasteiger partial charge in [0.1, 0.15) is 0 Å². The number of nitrogen functional groups attached to an aromatic ring is 1. The molecule has 0 amide bonds. The molecule has 118 valence electrons. The lowest BCUT2D eigenvalue weighted by molar-refractivity contribution is 0.108. The van der Waals surface area contributed by atoms with Gasteiger partial charge in [-0.3, -0.25) is 9.69 Å². The highest BCUT2D eigenvalue weighted by Gasteiger charge is 2.19. The first-order chi connectivity index (χ1) is 9.49. The molecule has 2 N–H and O–H groups in total. The van der Waals surface area contributed by atoms with Crippen LogP contribution >= 0.6 is 39.9 Å². The van der Waals surface area contributed by atoms with Crippen LogP contribution in [-0.2, 0) is 6.54 Å². The van der Waals surface area contributed by atoms with E-state index in [2.05, 4.69) is 27.9 Å². The first-order valence-electron chi connectivity index (χ1n) is 6.97. The third kappa shape index (κ3) is 4.85. The van der Waals surface area contributed by atoms with Gasteiger partial charge in [0.25, 0.3) is 5.24 Å². The Morgan fingerprint density at radius 2 is 2.00 bits per heavy atom. The molecule has 6 heteroatoms. The van der Waals surface area contributed by atoms with E-state index in [4.69, 9.17) is 17.3 Å². The molecule has 1 aliphatic carbocycles. The normalized spacial score (nSPS) is 15.8. The van der Waals surface area contributed by atoms with Gasteiger partial charge in [0.05, 0.1) is 5.69 Å². The van der Waals surface area contributed by atoms with E-state index < -0.39 is 5.24 Å². The zero-order valence-electron chi connectivity index (χ0n) is 12.1. The van der Waals surface area contributed by atoms with E-state index >= 15 is 0 Å². The smallest absolute Gasteiger partial charge is 0.252 e. The van der Waals surface area contributed by atoms with Gasteiger partial charge in [-0.2, -0.15) is 0 Å². The third-order valence-electron chi connectivity index (χ3n) is 4.06. The first-order valence-corrected chi connectivity index (χ1v) is 8.14. The zero-order chi connectivity index (χ0) is 14.7. The summed E-state index contributed by atoms with van der Waals surface area (Å²) in [7, 11) is 2.12. The van der Waals surface area contributed by atoms with E-state index in [0.717, 1.165) is 16.6 Å². The topological polar surface area (TPSA) is 46.3 Å². The summed E-state index contributed by atoms with van der Waals surface area (Å²) in [5, 5.41) is -0.452. The molecule has 0 heterocycles. The number of rotatable bonds is 4. The molecule has 1 saturated carbocycles. The Labute approximate surface area is 145 Å². The van der Waals surface area contributed by atoms with Crippen LogP contribution in [0.25, 0.3) is 0 Å². The van der Waals surface area contributed by atoms with Gasteiger partial charge in [0.2, 0.25) is 0 Å². The SMILES string of the molecule is CN(Cc1cc(C(=O)Cl)cc(Br)c1N)C1CCCCC1.Cl.